The molecule has 3 rings (SSSR count). The van der Waals surface area contributed by atoms with Gasteiger partial charge in [-0.05, 0) is 26.2 Å². The molecule has 1 aliphatic rings. The summed E-state index contributed by atoms with van der Waals surface area (Å²) in [6, 6.07) is 8.21. The number of rotatable bonds is 4. The van der Waals surface area contributed by atoms with Gasteiger partial charge in [0.2, 0.25) is 0 Å². The monoisotopic (exact) mass is 367 g/mol. The van der Waals surface area contributed by atoms with Crippen LogP contribution >= 0.6 is 27.7 Å². The van der Waals surface area contributed by atoms with Gasteiger partial charge in [0.25, 0.3) is 0 Å². The lowest BCUT2D eigenvalue weighted by Crippen LogP contribution is -2.35. The number of fused-ring (bicyclic) bond motifs is 1. The molecule has 0 fully saturated rings. The molecule has 0 N–H and O–H groups in total. The third kappa shape index (κ3) is 3.48. The van der Waals surface area contributed by atoms with Gasteiger partial charge in [-0.25, -0.2) is 0 Å². The topological polar surface area (TPSA) is 37.2 Å². The number of halogens is 1. The Morgan fingerprint density at radius 1 is 1.33 bits per heavy atom. The van der Waals surface area contributed by atoms with Crippen LogP contribution in [0.5, 0.6) is 0 Å². The Morgan fingerprint density at radius 3 is 2.95 bits per heavy atom. The molecule has 112 valence electrons. The summed E-state index contributed by atoms with van der Waals surface area (Å²) in [5.74, 6) is 1.91. The zero-order valence-corrected chi connectivity index (χ0v) is 14.6. The molecular weight excluding hydrogens is 350 g/mol. The number of benzene rings is 1. The first-order chi connectivity index (χ1) is 10.1. The SMILES string of the molecule is CN(C)CCN1CSc2nnc(-c3cccc(Br)c3)n2C1. The Bertz CT molecular complexity index is 628. The van der Waals surface area contributed by atoms with E-state index < -0.39 is 0 Å². The zero-order valence-electron chi connectivity index (χ0n) is 12.2. The highest BCUT2D eigenvalue weighted by molar-refractivity contribution is 9.10. The van der Waals surface area contributed by atoms with E-state index in [1.54, 1.807) is 11.8 Å². The summed E-state index contributed by atoms with van der Waals surface area (Å²) < 4.78 is 3.26. The predicted molar refractivity (Wildman–Crippen MR) is 89.1 cm³/mol. The van der Waals surface area contributed by atoms with E-state index in [0.717, 1.165) is 46.7 Å². The zero-order chi connectivity index (χ0) is 14.8. The number of nitrogens with zero attached hydrogens (tertiary/aromatic N) is 5. The maximum absolute atomic E-state index is 4.37. The Balaban J connectivity index is 1.82. The lowest BCUT2D eigenvalue weighted by atomic mass is 10.2. The molecule has 1 aromatic heterocycles. The average molecular weight is 368 g/mol. The molecule has 1 aliphatic heterocycles. The van der Waals surface area contributed by atoms with Gasteiger partial charge in [-0.3, -0.25) is 9.47 Å². The van der Waals surface area contributed by atoms with Crippen molar-refractivity contribution < 1.29 is 0 Å². The second-order valence-corrected chi connectivity index (χ2v) is 7.18. The summed E-state index contributed by atoms with van der Waals surface area (Å²) in [4.78, 5) is 4.63. The predicted octanol–water partition coefficient (Wildman–Crippen LogP) is 2.59. The molecule has 0 radical (unpaired) electrons. The highest BCUT2D eigenvalue weighted by atomic mass is 79.9. The third-order valence-corrected chi connectivity index (χ3v) is 4.93. The van der Waals surface area contributed by atoms with Crippen molar-refractivity contribution in [2.75, 3.05) is 33.1 Å². The van der Waals surface area contributed by atoms with E-state index in [2.05, 4.69) is 66.7 Å². The second kappa shape index (κ2) is 6.48. The van der Waals surface area contributed by atoms with Gasteiger partial charge in [0.1, 0.15) is 0 Å². The third-order valence-electron chi connectivity index (χ3n) is 3.38. The normalized spacial score (nSPS) is 15.4. The summed E-state index contributed by atoms with van der Waals surface area (Å²) >= 11 is 5.27. The molecule has 0 atom stereocenters. The molecule has 2 aromatic rings. The van der Waals surface area contributed by atoms with Crippen LogP contribution in [0.3, 0.4) is 0 Å². The molecule has 21 heavy (non-hydrogen) atoms. The summed E-state index contributed by atoms with van der Waals surface area (Å²) in [5, 5.41) is 9.69. The van der Waals surface area contributed by atoms with E-state index in [0.29, 0.717) is 0 Å². The molecule has 0 bridgehead atoms. The average Bonchev–Trinajstić information content (AvgIpc) is 2.88. The van der Waals surface area contributed by atoms with Crippen LogP contribution in [-0.2, 0) is 6.67 Å². The van der Waals surface area contributed by atoms with Crippen molar-refractivity contribution in [1.82, 2.24) is 24.6 Å². The Hall–Kier alpha value is -0.890. The summed E-state index contributed by atoms with van der Waals surface area (Å²) in [6.45, 7) is 2.96. The maximum atomic E-state index is 4.37. The number of thioether (sulfide) groups is 1. The van der Waals surface area contributed by atoms with Crippen LogP contribution in [0.2, 0.25) is 0 Å². The van der Waals surface area contributed by atoms with Crippen LogP contribution in [0, 0.1) is 0 Å². The molecule has 0 aliphatic carbocycles. The molecule has 0 spiro atoms. The van der Waals surface area contributed by atoms with Crippen molar-refractivity contribution >= 4 is 27.7 Å². The van der Waals surface area contributed by atoms with Crippen LogP contribution in [0.1, 0.15) is 0 Å². The van der Waals surface area contributed by atoms with Gasteiger partial charge >= 0.3 is 0 Å². The molecule has 2 heterocycles. The second-order valence-electron chi connectivity index (χ2n) is 5.36. The van der Waals surface area contributed by atoms with Crippen molar-refractivity contribution in [3.05, 3.63) is 28.7 Å². The molecule has 0 amide bonds. The van der Waals surface area contributed by atoms with Crippen LogP contribution in [-0.4, -0.2) is 57.6 Å². The lowest BCUT2D eigenvalue weighted by molar-refractivity contribution is 0.215. The van der Waals surface area contributed by atoms with Gasteiger partial charge in [0, 0.05) is 23.1 Å². The molecule has 0 saturated heterocycles. The number of aromatic nitrogens is 3. The Labute approximate surface area is 137 Å². The van der Waals surface area contributed by atoms with E-state index in [9.17, 15) is 0 Å². The van der Waals surface area contributed by atoms with Gasteiger partial charge in [0.05, 0.1) is 12.5 Å². The van der Waals surface area contributed by atoms with E-state index >= 15 is 0 Å². The number of likely N-dealkylation sites (N-methyl/N-ethyl adjacent to an activating group) is 1. The highest BCUT2D eigenvalue weighted by Crippen LogP contribution is 2.29. The standard InChI is InChI=1S/C14H18BrN5S/c1-18(2)6-7-19-9-20-13(16-17-14(20)21-10-19)11-4-3-5-12(15)8-11/h3-5,8H,6-7,9-10H2,1-2H3. The smallest absolute Gasteiger partial charge is 0.193 e. The van der Waals surface area contributed by atoms with Crippen molar-refractivity contribution in [2.45, 2.75) is 11.8 Å². The first-order valence-corrected chi connectivity index (χ1v) is 8.60. The van der Waals surface area contributed by atoms with Gasteiger partial charge in [-0.2, -0.15) is 0 Å². The minimum atomic E-state index is 0.852. The molecule has 5 nitrogen and oxygen atoms in total. The van der Waals surface area contributed by atoms with E-state index in [-0.39, 0.29) is 0 Å². The summed E-state index contributed by atoms with van der Waals surface area (Å²) in [6.07, 6.45) is 0. The quantitative estimate of drug-likeness (QED) is 0.829. The summed E-state index contributed by atoms with van der Waals surface area (Å²) in [7, 11) is 4.21. The molecule has 0 saturated carbocycles. The maximum Gasteiger partial charge on any atom is 0.193 e. The minimum absolute atomic E-state index is 0.852. The van der Waals surface area contributed by atoms with E-state index in [4.69, 9.17) is 0 Å². The summed E-state index contributed by atoms with van der Waals surface area (Å²) in [5.41, 5.74) is 1.10. The van der Waals surface area contributed by atoms with Crippen LogP contribution < -0.4 is 0 Å². The first-order valence-electron chi connectivity index (χ1n) is 6.82. The molecule has 7 heteroatoms. The minimum Gasteiger partial charge on any atom is -0.308 e. The van der Waals surface area contributed by atoms with Crippen LogP contribution in [0.4, 0.5) is 0 Å². The van der Waals surface area contributed by atoms with Crippen molar-refractivity contribution in [2.24, 2.45) is 0 Å². The first kappa shape index (κ1) is 15.0. The number of hydrogen-bond donors (Lipinski definition) is 0. The lowest BCUT2D eigenvalue weighted by Gasteiger charge is -2.28. The van der Waals surface area contributed by atoms with Gasteiger partial charge in [0.15, 0.2) is 11.0 Å². The van der Waals surface area contributed by atoms with Crippen LogP contribution in [0.25, 0.3) is 11.4 Å². The number of hydrogen-bond acceptors (Lipinski definition) is 5. The fraction of sp³-hybridized carbons (Fsp3) is 0.429. The largest absolute Gasteiger partial charge is 0.308 e. The van der Waals surface area contributed by atoms with E-state index in [1.165, 1.54) is 0 Å². The molecular formula is C14H18BrN5S. The fourth-order valence-corrected chi connectivity index (χ4v) is 3.54. The van der Waals surface area contributed by atoms with Crippen molar-refractivity contribution in [3.63, 3.8) is 0 Å². The fourth-order valence-electron chi connectivity index (χ4n) is 2.23. The van der Waals surface area contributed by atoms with Gasteiger partial charge < -0.3 is 4.90 Å². The molecule has 1 aromatic carbocycles. The van der Waals surface area contributed by atoms with Gasteiger partial charge in [-0.1, -0.05) is 39.8 Å². The van der Waals surface area contributed by atoms with Gasteiger partial charge in [-0.15, -0.1) is 10.2 Å². The Morgan fingerprint density at radius 2 is 2.19 bits per heavy atom. The van der Waals surface area contributed by atoms with Crippen molar-refractivity contribution in [1.29, 1.82) is 0 Å². The van der Waals surface area contributed by atoms with Crippen LogP contribution in [0.15, 0.2) is 33.9 Å². The molecule has 0 unspecified atom stereocenters. The Kier molecular flexibility index (Phi) is 4.63. The van der Waals surface area contributed by atoms with Crippen molar-refractivity contribution in [3.8, 4) is 11.4 Å². The highest BCUT2D eigenvalue weighted by Gasteiger charge is 2.22. The van der Waals surface area contributed by atoms with E-state index in [1.807, 2.05) is 12.1 Å².